The van der Waals surface area contributed by atoms with Gasteiger partial charge in [0.15, 0.2) is 0 Å². The van der Waals surface area contributed by atoms with E-state index in [2.05, 4.69) is 10.3 Å². The Kier molecular flexibility index (Phi) is 6.13. The number of hydroxylamine groups is 1. The lowest BCUT2D eigenvalue weighted by molar-refractivity contribution is -0.0397. The molecule has 100 valence electrons. The predicted octanol–water partition coefficient (Wildman–Crippen LogP) is 1.11. The first-order valence-electron chi connectivity index (χ1n) is 5.30. The molecule has 0 atom stereocenters. The van der Waals surface area contributed by atoms with Crippen molar-refractivity contribution in [3.63, 3.8) is 0 Å². The van der Waals surface area contributed by atoms with Crippen LogP contribution in [0.5, 0.6) is 5.75 Å². The van der Waals surface area contributed by atoms with Gasteiger partial charge in [0.2, 0.25) is 0 Å². The molecule has 1 aromatic rings. The van der Waals surface area contributed by atoms with Crippen molar-refractivity contribution in [2.45, 2.75) is 6.61 Å². The SMILES string of the molecule is COCOCc1c(OC)cccc1C(=O)NOC. The average molecular weight is 255 g/mol. The maximum atomic E-state index is 11.8. The molecule has 18 heavy (non-hydrogen) atoms. The van der Waals surface area contributed by atoms with Gasteiger partial charge in [0.25, 0.3) is 5.91 Å². The van der Waals surface area contributed by atoms with E-state index in [0.29, 0.717) is 16.9 Å². The number of carbonyl (C=O) groups is 1. The molecule has 1 rings (SSSR count). The summed E-state index contributed by atoms with van der Waals surface area (Å²) in [7, 11) is 4.44. The van der Waals surface area contributed by atoms with Gasteiger partial charge in [-0.05, 0) is 12.1 Å². The summed E-state index contributed by atoms with van der Waals surface area (Å²) in [6.07, 6.45) is 0. The second kappa shape index (κ2) is 7.65. The monoisotopic (exact) mass is 255 g/mol. The molecule has 0 unspecified atom stereocenters. The van der Waals surface area contributed by atoms with Crippen LogP contribution in [0.3, 0.4) is 0 Å². The third-order valence-electron chi connectivity index (χ3n) is 2.24. The van der Waals surface area contributed by atoms with E-state index in [-0.39, 0.29) is 19.3 Å². The number of hydrogen-bond donors (Lipinski definition) is 1. The number of ether oxygens (including phenoxy) is 3. The molecular formula is C12H17NO5. The molecule has 0 aliphatic heterocycles. The number of benzene rings is 1. The van der Waals surface area contributed by atoms with Crippen molar-refractivity contribution in [1.82, 2.24) is 5.48 Å². The van der Waals surface area contributed by atoms with E-state index in [9.17, 15) is 4.79 Å². The molecule has 0 saturated heterocycles. The average Bonchev–Trinajstić information content (AvgIpc) is 2.39. The molecule has 0 fully saturated rings. The molecule has 0 bridgehead atoms. The van der Waals surface area contributed by atoms with E-state index in [4.69, 9.17) is 14.2 Å². The van der Waals surface area contributed by atoms with Crippen molar-refractivity contribution in [3.05, 3.63) is 29.3 Å². The second-order valence-corrected chi connectivity index (χ2v) is 3.38. The molecule has 0 heterocycles. The second-order valence-electron chi connectivity index (χ2n) is 3.38. The van der Waals surface area contributed by atoms with Gasteiger partial charge in [0.05, 0.1) is 26.4 Å². The summed E-state index contributed by atoms with van der Waals surface area (Å²) < 4.78 is 15.3. The number of amides is 1. The highest BCUT2D eigenvalue weighted by Crippen LogP contribution is 2.23. The quantitative estimate of drug-likeness (QED) is 0.449. The maximum Gasteiger partial charge on any atom is 0.275 e. The third kappa shape index (κ3) is 3.69. The largest absolute Gasteiger partial charge is 0.496 e. The van der Waals surface area contributed by atoms with Crippen LogP contribution in [-0.4, -0.2) is 34.0 Å². The minimum Gasteiger partial charge on any atom is -0.496 e. The first-order chi connectivity index (χ1) is 8.74. The fourth-order valence-electron chi connectivity index (χ4n) is 1.49. The number of rotatable bonds is 7. The molecule has 0 saturated carbocycles. The summed E-state index contributed by atoms with van der Waals surface area (Å²) >= 11 is 0. The normalized spacial score (nSPS) is 10.2. The van der Waals surface area contributed by atoms with Gasteiger partial charge in [-0.2, -0.15) is 0 Å². The van der Waals surface area contributed by atoms with Gasteiger partial charge in [-0.15, -0.1) is 0 Å². The van der Waals surface area contributed by atoms with Gasteiger partial charge < -0.3 is 14.2 Å². The summed E-state index contributed by atoms with van der Waals surface area (Å²) in [5.41, 5.74) is 3.34. The topological polar surface area (TPSA) is 66.0 Å². The van der Waals surface area contributed by atoms with E-state index < -0.39 is 0 Å². The first kappa shape index (κ1) is 14.4. The maximum absolute atomic E-state index is 11.8. The highest BCUT2D eigenvalue weighted by atomic mass is 16.7. The fourth-order valence-corrected chi connectivity index (χ4v) is 1.49. The Morgan fingerprint density at radius 2 is 2.06 bits per heavy atom. The summed E-state index contributed by atoms with van der Waals surface area (Å²) in [6, 6.07) is 5.15. The Balaban J connectivity index is 2.96. The van der Waals surface area contributed by atoms with E-state index >= 15 is 0 Å². The Morgan fingerprint density at radius 3 is 2.67 bits per heavy atom. The summed E-state index contributed by atoms with van der Waals surface area (Å²) in [6.45, 7) is 0.355. The fraction of sp³-hybridized carbons (Fsp3) is 0.417. The molecule has 6 nitrogen and oxygen atoms in total. The Morgan fingerprint density at radius 1 is 1.28 bits per heavy atom. The standard InChI is InChI=1S/C12H17NO5/c1-15-8-18-7-10-9(12(14)13-17-3)5-4-6-11(10)16-2/h4-6H,7-8H2,1-3H3,(H,13,14). The van der Waals surface area contributed by atoms with E-state index in [1.165, 1.54) is 21.3 Å². The lowest BCUT2D eigenvalue weighted by atomic mass is 10.1. The number of methoxy groups -OCH3 is 2. The molecule has 0 radical (unpaired) electrons. The van der Waals surface area contributed by atoms with E-state index in [0.717, 1.165) is 0 Å². The van der Waals surface area contributed by atoms with Crippen molar-refractivity contribution in [2.24, 2.45) is 0 Å². The van der Waals surface area contributed by atoms with Crippen LogP contribution in [0, 0.1) is 0 Å². The zero-order valence-corrected chi connectivity index (χ0v) is 10.7. The minimum atomic E-state index is -0.354. The number of carbonyl (C=O) groups excluding carboxylic acids is 1. The highest BCUT2D eigenvalue weighted by molar-refractivity contribution is 5.95. The van der Waals surface area contributed by atoms with Gasteiger partial charge in [0, 0.05) is 12.7 Å². The van der Waals surface area contributed by atoms with Crippen LogP contribution < -0.4 is 10.2 Å². The van der Waals surface area contributed by atoms with Gasteiger partial charge in [-0.3, -0.25) is 9.63 Å². The van der Waals surface area contributed by atoms with Gasteiger partial charge in [-0.1, -0.05) is 6.07 Å². The van der Waals surface area contributed by atoms with Gasteiger partial charge in [-0.25, -0.2) is 5.48 Å². The molecule has 0 aliphatic carbocycles. The molecule has 0 spiro atoms. The van der Waals surface area contributed by atoms with Crippen molar-refractivity contribution < 1.29 is 23.8 Å². The molecule has 0 aliphatic rings. The van der Waals surface area contributed by atoms with Gasteiger partial charge >= 0.3 is 0 Å². The van der Waals surface area contributed by atoms with Crippen molar-refractivity contribution in [2.75, 3.05) is 28.1 Å². The first-order valence-corrected chi connectivity index (χ1v) is 5.30. The number of nitrogens with one attached hydrogen (secondary N) is 1. The van der Waals surface area contributed by atoms with Crippen LogP contribution in [0.1, 0.15) is 15.9 Å². The third-order valence-corrected chi connectivity index (χ3v) is 2.24. The van der Waals surface area contributed by atoms with Crippen LogP contribution in [0.4, 0.5) is 0 Å². The predicted molar refractivity (Wildman–Crippen MR) is 64.1 cm³/mol. The van der Waals surface area contributed by atoms with Crippen molar-refractivity contribution in [3.8, 4) is 5.75 Å². The Labute approximate surface area is 106 Å². The number of hydrogen-bond acceptors (Lipinski definition) is 5. The summed E-state index contributed by atoms with van der Waals surface area (Å²) in [5.74, 6) is 0.224. The Hall–Kier alpha value is -1.63. The van der Waals surface area contributed by atoms with E-state index in [1.54, 1.807) is 18.2 Å². The van der Waals surface area contributed by atoms with Crippen LogP contribution in [0.25, 0.3) is 0 Å². The summed E-state index contributed by atoms with van der Waals surface area (Å²) in [4.78, 5) is 16.4. The van der Waals surface area contributed by atoms with Crippen LogP contribution >= 0.6 is 0 Å². The van der Waals surface area contributed by atoms with Crippen molar-refractivity contribution in [1.29, 1.82) is 0 Å². The smallest absolute Gasteiger partial charge is 0.275 e. The highest BCUT2D eigenvalue weighted by Gasteiger charge is 2.15. The molecule has 1 aromatic carbocycles. The lowest BCUT2D eigenvalue weighted by Crippen LogP contribution is -2.23. The molecular weight excluding hydrogens is 238 g/mol. The zero-order valence-electron chi connectivity index (χ0n) is 10.7. The molecule has 6 heteroatoms. The Bertz CT molecular complexity index is 394. The zero-order chi connectivity index (χ0) is 13.4. The minimum absolute atomic E-state index is 0.142. The van der Waals surface area contributed by atoms with Gasteiger partial charge in [0.1, 0.15) is 12.5 Å². The van der Waals surface area contributed by atoms with Crippen molar-refractivity contribution >= 4 is 5.91 Å². The lowest BCUT2D eigenvalue weighted by Gasteiger charge is -2.13. The van der Waals surface area contributed by atoms with Crippen LogP contribution in [-0.2, 0) is 20.9 Å². The summed E-state index contributed by atoms with van der Waals surface area (Å²) in [5, 5.41) is 0. The van der Waals surface area contributed by atoms with Crippen LogP contribution in [0.15, 0.2) is 18.2 Å². The van der Waals surface area contributed by atoms with E-state index in [1.807, 2.05) is 0 Å². The molecule has 1 amide bonds. The molecule has 0 aromatic heterocycles. The molecule has 1 N–H and O–H groups in total. The van der Waals surface area contributed by atoms with Crippen LogP contribution in [0.2, 0.25) is 0 Å².